The molecular formula is C25H30BrNO3S. The van der Waals surface area contributed by atoms with Crippen LogP contribution in [0.3, 0.4) is 0 Å². The molecule has 4 atom stereocenters. The smallest absolute Gasteiger partial charge is 0.303 e. The van der Waals surface area contributed by atoms with Crippen molar-refractivity contribution < 1.29 is 14.7 Å². The van der Waals surface area contributed by atoms with Crippen molar-refractivity contribution in [3.63, 3.8) is 0 Å². The maximum atomic E-state index is 13.3. The highest BCUT2D eigenvalue weighted by Crippen LogP contribution is 2.61. The lowest BCUT2D eigenvalue weighted by Gasteiger charge is -2.62. The van der Waals surface area contributed by atoms with E-state index in [1.54, 1.807) is 11.3 Å². The van der Waals surface area contributed by atoms with Gasteiger partial charge in [0, 0.05) is 32.4 Å². The normalized spacial score (nSPS) is 26.7. The number of aliphatic carboxylic acids is 1. The molecule has 0 radical (unpaired) electrons. The molecule has 1 unspecified atom stereocenters. The molecule has 1 heterocycles. The van der Waals surface area contributed by atoms with Crippen molar-refractivity contribution in [1.29, 1.82) is 0 Å². The number of allylic oxidation sites excluding steroid dienone is 2. The first-order valence-electron chi connectivity index (χ1n) is 11.1. The largest absolute Gasteiger partial charge is 0.481 e. The van der Waals surface area contributed by atoms with E-state index in [0.29, 0.717) is 18.3 Å². The Hall–Kier alpha value is -1.66. The summed E-state index contributed by atoms with van der Waals surface area (Å²) in [5.41, 5.74) is 1.05. The first-order chi connectivity index (χ1) is 14.8. The fraction of sp³-hybridized carbons (Fsp3) is 0.520. The van der Waals surface area contributed by atoms with Gasteiger partial charge in [0.1, 0.15) is 0 Å². The summed E-state index contributed by atoms with van der Waals surface area (Å²) in [6, 6.07) is 6.26. The lowest BCUT2D eigenvalue weighted by Crippen LogP contribution is -2.63. The van der Waals surface area contributed by atoms with Crippen LogP contribution in [-0.2, 0) is 4.79 Å². The number of nitrogens with one attached hydrogen (secondary N) is 1. The molecule has 1 aromatic heterocycles. The number of benzene rings is 1. The van der Waals surface area contributed by atoms with Gasteiger partial charge in [-0.1, -0.05) is 48.0 Å². The van der Waals surface area contributed by atoms with Gasteiger partial charge in [-0.25, -0.2) is 0 Å². The second kappa shape index (κ2) is 9.07. The van der Waals surface area contributed by atoms with Gasteiger partial charge in [-0.3, -0.25) is 9.59 Å². The molecule has 2 N–H and O–H groups in total. The highest BCUT2D eigenvalue weighted by atomic mass is 79.9. The molecule has 2 bridgehead atoms. The minimum absolute atomic E-state index is 0.0372. The zero-order chi connectivity index (χ0) is 22.2. The lowest BCUT2D eigenvalue weighted by molar-refractivity contribution is -0.137. The quantitative estimate of drug-likeness (QED) is 0.313. The Bertz CT molecular complexity index is 1010. The minimum Gasteiger partial charge on any atom is -0.481 e. The Balaban J connectivity index is 1.45. The average molecular weight is 504 g/mol. The molecule has 0 aliphatic heterocycles. The number of amides is 1. The summed E-state index contributed by atoms with van der Waals surface area (Å²) in [4.78, 5) is 23.9. The number of carboxylic acids is 1. The van der Waals surface area contributed by atoms with Crippen molar-refractivity contribution in [2.24, 2.45) is 23.2 Å². The van der Waals surface area contributed by atoms with E-state index in [0.717, 1.165) is 45.3 Å². The van der Waals surface area contributed by atoms with Crippen LogP contribution < -0.4 is 5.32 Å². The minimum atomic E-state index is -0.737. The van der Waals surface area contributed by atoms with Crippen molar-refractivity contribution in [2.75, 3.05) is 0 Å². The summed E-state index contributed by atoms with van der Waals surface area (Å²) in [6.07, 6.45) is 9.28. The van der Waals surface area contributed by atoms with Crippen LogP contribution in [-0.4, -0.2) is 23.0 Å². The van der Waals surface area contributed by atoms with E-state index in [9.17, 15) is 9.59 Å². The third-order valence-electron chi connectivity index (χ3n) is 7.52. The number of rotatable bonds is 8. The average Bonchev–Trinajstić information content (AvgIpc) is 3.13. The van der Waals surface area contributed by atoms with Crippen LogP contribution >= 0.6 is 27.3 Å². The lowest BCUT2D eigenvalue weighted by atomic mass is 9.44. The van der Waals surface area contributed by atoms with Crippen LogP contribution in [0.2, 0.25) is 0 Å². The van der Waals surface area contributed by atoms with Gasteiger partial charge in [-0.05, 0) is 67.4 Å². The standard InChI is InChI=1S/C25H30BrNO3S/c1-25(2)16-11-15(7-5-3-4-6-8-22(28)29)23(20(25)12-16)27-24(30)19-14-31-21-13-17(26)9-10-18(19)21/h3,5,9-10,13-16,20,23H,4,6-8,11-12H2,1-2H3,(H,27,30)(H,28,29)/t15-,16+,20+,23?/m0/s1. The third-order valence-corrected chi connectivity index (χ3v) is 8.96. The van der Waals surface area contributed by atoms with Crippen LogP contribution in [0.4, 0.5) is 0 Å². The second-order valence-electron chi connectivity index (χ2n) is 9.64. The number of carboxylic acid groups (broad SMARTS) is 1. The number of carbonyl (C=O) groups excluding carboxylic acids is 1. The molecule has 1 aromatic carbocycles. The van der Waals surface area contributed by atoms with Crippen molar-refractivity contribution >= 4 is 49.2 Å². The number of hydrogen-bond donors (Lipinski definition) is 2. The number of thiophene rings is 1. The van der Waals surface area contributed by atoms with Gasteiger partial charge in [0.15, 0.2) is 0 Å². The zero-order valence-electron chi connectivity index (χ0n) is 18.1. The molecule has 3 aliphatic carbocycles. The Morgan fingerprint density at radius 2 is 2.10 bits per heavy atom. The summed E-state index contributed by atoms with van der Waals surface area (Å²) >= 11 is 5.12. The summed E-state index contributed by atoms with van der Waals surface area (Å²) in [5, 5.41) is 15.2. The van der Waals surface area contributed by atoms with Crippen molar-refractivity contribution in [3.8, 4) is 0 Å². The Kier molecular flexibility index (Phi) is 6.59. The summed E-state index contributed by atoms with van der Waals surface area (Å²) in [6.45, 7) is 4.70. The monoisotopic (exact) mass is 503 g/mol. The molecule has 3 fully saturated rings. The number of hydrogen-bond acceptors (Lipinski definition) is 3. The van der Waals surface area contributed by atoms with E-state index in [2.05, 4.69) is 53.3 Å². The molecule has 3 aliphatic rings. The van der Waals surface area contributed by atoms with E-state index < -0.39 is 5.97 Å². The first kappa shape index (κ1) is 22.5. The number of carbonyl (C=O) groups is 2. The molecule has 166 valence electrons. The molecule has 3 saturated carbocycles. The zero-order valence-corrected chi connectivity index (χ0v) is 20.5. The van der Waals surface area contributed by atoms with Gasteiger partial charge < -0.3 is 10.4 Å². The first-order valence-corrected chi connectivity index (χ1v) is 12.8. The molecule has 2 aromatic rings. The van der Waals surface area contributed by atoms with Crippen LogP contribution in [0.25, 0.3) is 10.1 Å². The Labute approximate surface area is 196 Å². The molecule has 1 amide bonds. The molecule has 4 nitrogen and oxygen atoms in total. The maximum Gasteiger partial charge on any atom is 0.303 e. The molecule has 31 heavy (non-hydrogen) atoms. The molecule has 0 spiro atoms. The summed E-state index contributed by atoms with van der Waals surface area (Å²) in [5.74, 6) is 0.986. The fourth-order valence-electron chi connectivity index (χ4n) is 5.53. The van der Waals surface area contributed by atoms with Crippen LogP contribution in [0.5, 0.6) is 0 Å². The van der Waals surface area contributed by atoms with Crippen molar-refractivity contribution in [1.82, 2.24) is 5.32 Å². The fourth-order valence-corrected chi connectivity index (χ4v) is 7.03. The molecule has 6 heteroatoms. The van der Waals surface area contributed by atoms with Crippen LogP contribution in [0.15, 0.2) is 40.2 Å². The summed E-state index contributed by atoms with van der Waals surface area (Å²) in [7, 11) is 0. The van der Waals surface area contributed by atoms with Gasteiger partial charge in [-0.2, -0.15) is 0 Å². The van der Waals surface area contributed by atoms with Gasteiger partial charge in [0.05, 0.1) is 5.56 Å². The SMILES string of the molecule is CC1(C)[C@@H]2C[C@H](CC=CCCCC(=O)O)C(NC(=O)c3csc4cc(Br)ccc34)[C@H]1C2. The Morgan fingerprint density at radius 1 is 1.29 bits per heavy atom. The number of halogens is 1. The van der Waals surface area contributed by atoms with E-state index >= 15 is 0 Å². The maximum absolute atomic E-state index is 13.3. The predicted molar refractivity (Wildman–Crippen MR) is 130 cm³/mol. The topological polar surface area (TPSA) is 66.4 Å². The second-order valence-corrected chi connectivity index (χ2v) is 11.5. The van der Waals surface area contributed by atoms with Crippen LogP contribution in [0.1, 0.15) is 62.7 Å². The van der Waals surface area contributed by atoms with Gasteiger partial charge >= 0.3 is 5.97 Å². The highest BCUT2D eigenvalue weighted by Gasteiger charge is 2.57. The number of unbranched alkanes of at least 4 members (excludes halogenated alkanes) is 1. The van der Waals surface area contributed by atoms with Crippen molar-refractivity contribution in [3.05, 3.63) is 45.8 Å². The molecular weight excluding hydrogens is 474 g/mol. The van der Waals surface area contributed by atoms with Gasteiger partial charge in [-0.15, -0.1) is 11.3 Å². The van der Waals surface area contributed by atoms with Crippen molar-refractivity contribution in [2.45, 2.75) is 58.4 Å². The van der Waals surface area contributed by atoms with E-state index in [-0.39, 0.29) is 23.8 Å². The molecule has 0 saturated heterocycles. The molecule has 5 rings (SSSR count). The Morgan fingerprint density at radius 3 is 2.84 bits per heavy atom. The van der Waals surface area contributed by atoms with Gasteiger partial charge in [0.25, 0.3) is 5.91 Å². The van der Waals surface area contributed by atoms with E-state index in [1.807, 2.05) is 17.5 Å². The highest BCUT2D eigenvalue weighted by molar-refractivity contribution is 9.10. The van der Waals surface area contributed by atoms with E-state index in [1.165, 1.54) is 6.42 Å². The summed E-state index contributed by atoms with van der Waals surface area (Å²) < 4.78 is 2.15. The number of fused-ring (bicyclic) bond motifs is 3. The van der Waals surface area contributed by atoms with Gasteiger partial charge in [0.2, 0.25) is 0 Å². The van der Waals surface area contributed by atoms with E-state index in [4.69, 9.17) is 5.11 Å². The predicted octanol–water partition coefficient (Wildman–Crippen LogP) is 6.65. The third kappa shape index (κ3) is 4.61. The van der Waals surface area contributed by atoms with Crippen LogP contribution in [0, 0.1) is 23.2 Å².